The number of nitrogens with zero attached hydrogens (tertiary/aromatic N) is 1. The summed E-state index contributed by atoms with van der Waals surface area (Å²) in [4.78, 5) is 25.6. The van der Waals surface area contributed by atoms with Crippen molar-refractivity contribution in [1.82, 2.24) is 10.2 Å². The number of anilines is 1. The number of hydrogen-bond donors (Lipinski definition) is 2. The van der Waals surface area contributed by atoms with Crippen LogP contribution in [-0.2, 0) is 26.0 Å². The van der Waals surface area contributed by atoms with Crippen molar-refractivity contribution < 1.29 is 18.0 Å². The van der Waals surface area contributed by atoms with Gasteiger partial charge in [-0.3, -0.25) is 14.3 Å². The van der Waals surface area contributed by atoms with Crippen molar-refractivity contribution in [2.24, 2.45) is 0 Å². The molecule has 162 valence electrons. The third-order valence-electron chi connectivity index (χ3n) is 4.33. The Kier molecular flexibility index (Phi) is 8.52. The lowest BCUT2D eigenvalue weighted by Crippen LogP contribution is -2.40. The molecule has 0 fully saturated rings. The van der Waals surface area contributed by atoms with Gasteiger partial charge in [-0.1, -0.05) is 35.3 Å². The summed E-state index contributed by atoms with van der Waals surface area (Å²) in [6, 6.07) is 10.4. The van der Waals surface area contributed by atoms with E-state index in [1.165, 1.54) is 18.2 Å². The summed E-state index contributed by atoms with van der Waals surface area (Å²) in [5.74, 6) is -0.431. The summed E-state index contributed by atoms with van der Waals surface area (Å²) < 4.78 is 27.4. The highest BCUT2D eigenvalue weighted by molar-refractivity contribution is 7.92. The standard InChI is InChI=1S/C20H23Cl2N3O4S/c1-3-25(4-2)20(27)13-23-19(26)11-14-5-7-15(8-6-14)24-30(28,29)16-9-10-17(21)18(22)12-16/h5-10,12,24H,3-4,11,13H2,1-2H3,(H,23,26). The van der Waals surface area contributed by atoms with Crippen LogP contribution in [0.3, 0.4) is 0 Å². The first-order valence-electron chi connectivity index (χ1n) is 9.27. The summed E-state index contributed by atoms with van der Waals surface area (Å²) >= 11 is 11.7. The molecule has 0 aliphatic heterocycles. The van der Waals surface area contributed by atoms with E-state index in [1.54, 1.807) is 29.2 Å². The van der Waals surface area contributed by atoms with Crippen LogP contribution in [0.2, 0.25) is 10.0 Å². The van der Waals surface area contributed by atoms with Gasteiger partial charge in [-0.05, 0) is 49.7 Å². The number of sulfonamides is 1. The normalized spacial score (nSPS) is 11.1. The highest BCUT2D eigenvalue weighted by Gasteiger charge is 2.16. The lowest BCUT2D eigenvalue weighted by Gasteiger charge is -2.18. The zero-order chi connectivity index (χ0) is 22.3. The SMILES string of the molecule is CCN(CC)C(=O)CNC(=O)Cc1ccc(NS(=O)(=O)c2ccc(Cl)c(Cl)c2)cc1. The summed E-state index contributed by atoms with van der Waals surface area (Å²) in [5.41, 5.74) is 1.02. The molecule has 0 radical (unpaired) electrons. The van der Waals surface area contributed by atoms with Crippen LogP contribution in [0.1, 0.15) is 19.4 Å². The molecular formula is C20H23Cl2N3O4S. The van der Waals surface area contributed by atoms with E-state index < -0.39 is 10.0 Å². The molecular weight excluding hydrogens is 449 g/mol. The average molecular weight is 472 g/mol. The first-order chi connectivity index (χ1) is 14.2. The maximum atomic E-state index is 12.5. The van der Waals surface area contributed by atoms with E-state index in [0.717, 1.165) is 0 Å². The first-order valence-corrected chi connectivity index (χ1v) is 11.5. The van der Waals surface area contributed by atoms with E-state index in [9.17, 15) is 18.0 Å². The van der Waals surface area contributed by atoms with Crippen molar-refractivity contribution in [1.29, 1.82) is 0 Å². The molecule has 0 saturated carbocycles. The number of carbonyl (C=O) groups is 2. The van der Waals surface area contributed by atoms with Gasteiger partial charge in [-0.25, -0.2) is 8.42 Å². The summed E-state index contributed by atoms with van der Waals surface area (Å²) in [6.07, 6.45) is 0.0748. The van der Waals surface area contributed by atoms with E-state index in [4.69, 9.17) is 23.2 Å². The Morgan fingerprint density at radius 2 is 1.60 bits per heavy atom. The van der Waals surface area contributed by atoms with Gasteiger partial charge in [0.2, 0.25) is 11.8 Å². The molecule has 2 rings (SSSR count). The molecule has 0 spiro atoms. The lowest BCUT2D eigenvalue weighted by molar-refractivity contribution is -0.132. The second-order valence-corrected chi connectivity index (χ2v) is 8.89. The Bertz CT molecular complexity index is 1010. The Morgan fingerprint density at radius 3 is 2.17 bits per heavy atom. The molecule has 0 aliphatic carbocycles. The average Bonchev–Trinajstić information content (AvgIpc) is 2.70. The maximum absolute atomic E-state index is 12.5. The highest BCUT2D eigenvalue weighted by atomic mass is 35.5. The fraction of sp³-hybridized carbons (Fsp3) is 0.300. The number of likely N-dealkylation sites (N-methyl/N-ethyl adjacent to an activating group) is 1. The molecule has 2 amide bonds. The van der Waals surface area contributed by atoms with Gasteiger partial charge in [0.15, 0.2) is 0 Å². The number of rotatable bonds is 9. The zero-order valence-corrected chi connectivity index (χ0v) is 18.9. The Morgan fingerprint density at radius 1 is 0.967 bits per heavy atom. The van der Waals surface area contributed by atoms with E-state index in [-0.39, 0.29) is 39.7 Å². The van der Waals surface area contributed by atoms with Gasteiger partial charge in [0.25, 0.3) is 10.0 Å². The van der Waals surface area contributed by atoms with E-state index in [0.29, 0.717) is 24.3 Å². The lowest BCUT2D eigenvalue weighted by atomic mass is 10.1. The van der Waals surface area contributed by atoms with Crippen LogP contribution in [0.25, 0.3) is 0 Å². The molecule has 0 saturated heterocycles. The molecule has 7 nitrogen and oxygen atoms in total. The van der Waals surface area contributed by atoms with Crippen molar-refractivity contribution >= 4 is 50.7 Å². The number of nitrogens with one attached hydrogen (secondary N) is 2. The monoisotopic (exact) mass is 471 g/mol. The molecule has 0 aromatic heterocycles. The van der Waals surface area contributed by atoms with Crippen LogP contribution in [0.15, 0.2) is 47.4 Å². The molecule has 30 heavy (non-hydrogen) atoms. The Balaban J connectivity index is 1.95. The van der Waals surface area contributed by atoms with E-state index in [2.05, 4.69) is 10.0 Å². The van der Waals surface area contributed by atoms with Gasteiger partial charge < -0.3 is 10.2 Å². The molecule has 0 heterocycles. The molecule has 2 aromatic carbocycles. The third kappa shape index (κ3) is 6.62. The van der Waals surface area contributed by atoms with Crippen LogP contribution < -0.4 is 10.0 Å². The van der Waals surface area contributed by atoms with Crippen LogP contribution in [-0.4, -0.2) is 44.8 Å². The predicted molar refractivity (Wildman–Crippen MR) is 118 cm³/mol. The molecule has 0 bridgehead atoms. The highest BCUT2D eigenvalue weighted by Crippen LogP contribution is 2.26. The third-order valence-corrected chi connectivity index (χ3v) is 6.44. The van der Waals surface area contributed by atoms with Crippen molar-refractivity contribution in [2.75, 3.05) is 24.4 Å². The summed E-state index contributed by atoms with van der Waals surface area (Å²) in [7, 11) is -3.83. The van der Waals surface area contributed by atoms with Crippen molar-refractivity contribution in [3.8, 4) is 0 Å². The Labute approximate surface area is 186 Å². The fourth-order valence-corrected chi connectivity index (χ4v) is 4.11. The van der Waals surface area contributed by atoms with Gasteiger partial charge in [0.05, 0.1) is 27.9 Å². The molecule has 2 aromatic rings. The van der Waals surface area contributed by atoms with Crippen molar-refractivity contribution in [3.63, 3.8) is 0 Å². The van der Waals surface area contributed by atoms with Gasteiger partial charge >= 0.3 is 0 Å². The molecule has 2 N–H and O–H groups in total. The van der Waals surface area contributed by atoms with Gasteiger partial charge in [0.1, 0.15) is 0 Å². The number of hydrogen-bond acceptors (Lipinski definition) is 4. The molecule has 10 heteroatoms. The minimum atomic E-state index is -3.83. The largest absolute Gasteiger partial charge is 0.347 e. The molecule has 0 aliphatic rings. The van der Waals surface area contributed by atoms with E-state index >= 15 is 0 Å². The van der Waals surface area contributed by atoms with Crippen LogP contribution >= 0.6 is 23.2 Å². The smallest absolute Gasteiger partial charge is 0.261 e. The Hall–Kier alpha value is -2.29. The second kappa shape index (κ2) is 10.7. The van der Waals surface area contributed by atoms with Gasteiger partial charge in [0, 0.05) is 18.8 Å². The predicted octanol–water partition coefficient (Wildman–Crippen LogP) is 3.32. The van der Waals surface area contributed by atoms with Crippen molar-refractivity contribution in [3.05, 3.63) is 58.1 Å². The maximum Gasteiger partial charge on any atom is 0.261 e. The van der Waals surface area contributed by atoms with Gasteiger partial charge in [-0.2, -0.15) is 0 Å². The van der Waals surface area contributed by atoms with Gasteiger partial charge in [-0.15, -0.1) is 0 Å². The number of halogens is 2. The fourth-order valence-electron chi connectivity index (χ4n) is 2.66. The number of amides is 2. The second-order valence-electron chi connectivity index (χ2n) is 6.40. The number of carbonyl (C=O) groups excluding carboxylic acids is 2. The van der Waals surface area contributed by atoms with Crippen molar-refractivity contribution in [2.45, 2.75) is 25.2 Å². The summed E-state index contributed by atoms with van der Waals surface area (Å²) in [5, 5.41) is 3.00. The topological polar surface area (TPSA) is 95.6 Å². The number of benzene rings is 2. The zero-order valence-electron chi connectivity index (χ0n) is 16.6. The van der Waals surface area contributed by atoms with E-state index in [1.807, 2.05) is 13.8 Å². The first kappa shape index (κ1) is 24.0. The quantitative estimate of drug-likeness (QED) is 0.586. The molecule has 0 unspecified atom stereocenters. The summed E-state index contributed by atoms with van der Waals surface area (Å²) in [6.45, 7) is 4.87. The van der Waals surface area contributed by atoms with Crippen LogP contribution in [0.4, 0.5) is 5.69 Å². The van der Waals surface area contributed by atoms with Crippen LogP contribution in [0.5, 0.6) is 0 Å². The molecule has 0 atom stereocenters. The minimum absolute atomic E-state index is 0.0155. The minimum Gasteiger partial charge on any atom is -0.347 e. The van der Waals surface area contributed by atoms with Crippen LogP contribution in [0, 0.1) is 0 Å².